The summed E-state index contributed by atoms with van der Waals surface area (Å²) in [6, 6.07) is 0. The molecule has 26 heavy (non-hydrogen) atoms. The fraction of sp³-hybridized carbons (Fsp3) is 0.300. The second-order valence-corrected chi connectivity index (χ2v) is 5.65. The topological polar surface area (TPSA) is 72.3 Å². The van der Waals surface area contributed by atoms with E-state index >= 15 is 0 Å². The third kappa shape index (κ3) is 8.30. The molecule has 0 unspecified atom stereocenters. The first-order chi connectivity index (χ1) is 12.3. The Kier molecular flexibility index (Phi) is 11.0. The van der Waals surface area contributed by atoms with Crippen LogP contribution in [0.1, 0.15) is 12.8 Å². The van der Waals surface area contributed by atoms with E-state index in [1.807, 2.05) is 12.2 Å². The summed E-state index contributed by atoms with van der Waals surface area (Å²) in [5.74, 6) is 0.0622. The van der Waals surface area contributed by atoms with E-state index in [2.05, 4.69) is 16.0 Å². The minimum absolute atomic E-state index is 0. The minimum atomic E-state index is 0. The first-order valence-corrected chi connectivity index (χ1v) is 8.56. The van der Waals surface area contributed by atoms with E-state index in [-0.39, 0.29) is 28.6 Å². The van der Waals surface area contributed by atoms with Crippen molar-refractivity contribution in [2.75, 3.05) is 26.2 Å². The van der Waals surface area contributed by atoms with Crippen LogP contribution in [0, 0.1) is 0 Å². The molecule has 2 N–H and O–H groups in total. The molecular weight excluding hydrogens is 378 g/mol. The first-order valence-electron chi connectivity index (χ1n) is 8.56. The molecule has 0 spiro atoms. The number of ketones is 2. The van der Waals surface area contributed by atoms with Crippen molar-refractivity contribution in [3.8, 4) is 0 Å². The van der Waals surface area contributed by atoms with E-state index in [0.29, 0.717) is 11.1 Å². The van der Waals surface area contributed by atoms with Gasteiger partial charge in [0.05, 0.1) is 0 Å². The summed E-state index contributed by atoms with van der Waals surface area (Å²) in [6.45, 7) is 3.19. The summed E-state index contributed by atoms with van der Waals surface area (Å²) in [7, 11) is 0. The van der Waals surface area contributed by atoms with Gasteiger partial charge < -0.3 is 16.0 Å². The Labute approximate surface area is 165 Å². The van der Waals surface area contributed by atoms with Crippen molar-refractivity contribution in [2.24, 2.45) is 0 Å². The number of allylic oxidation sites excluding steroid dienone is 10. The summed E-state index contributed by atoms with van der Waals surface area (Å²) >= 11 is 0. The van der Waals surface area contributed by atoms with Gasteiger partial charge in [0, 0.05) is 36.6 Å². The quantitative estimate of drug-likeness (QED) is 0.335. The number of hydrogen-bond acceptors (Lipinski definition) is 4. The second kappa shape index (κ2) is 13.1. The SMILES string of the molecule is O=C1C=CC=C/C1=C/NCCC[N-]CCCN/C=C1/C=CC=CC1=O.[Cu+]. The van der Waals surface area contributed by atoms with E-state index in [0.717, 1.165) is 39.0 Å². The molecule has 0 radical (unpaired) electrons. The van der Waals surface area contributed by atoms with Gasteiger partial charge >= 0.3 is 17.1 Å². The van der Waals surface area contributed by atoms with Crippen LogP contribution in [-0.2, 0) is 26.7 Å². The van der Waals surface area contributed by atoms with Crippen molar-refractivity contribution in [1.29, 1.82) is 0 Å². The Hall–Kier alpha value is -2.14. The molecule has 0 bridgehead atoms. The molecule has 0 aromatic rings. The average Bonchev–Trinajstić information content (AvgIpc) is 2.62. The largest absolute Gasteiger partial charge is 1.00 e. The van der Waals surface area contributed by atoms with Gasteiger partial charge in [0.2, 0.25) is 0 Å². The molecule has 0 saturated carbocycles. The Balaban J connectivity index is 0.00000338. The van der Waals surface area contributed by atoms with Gasteiger partial charge in [0.15, 0.2) is 11.6 Å². The van der Waals surface area contributed by atoms with E-state index in [1.165, 1.54) is 0 Å². The average molecular weight is 402 g/mol. The Morgan fingerprint density at radius 1 is 0.731 bits per heavy atom. The van der Waals surface area contributed by atoms with Gasteiger partial charge in [0.25, 0.3) is 0 Å². The maximum Gasteiger partial charge on any atom is 1.00 e. The van der Waals surface area contributed by atoms with Crippen molar-refractivity contribution >= 4 is 11.6 Å². The zero-order chi connectivity index (χ0) is 17.7. The Morgan fingerprint density at radius 2 is 1.15 bits per heavy atom. The van der Waals surface area contributed by atoms with Gasteiger partial charge in [0.1, 0.15) is 0 Å². The number of carbonyl (C=O) groups excluding carboxylic acids is 2. The van der Waals surface area contributed by atoms with E-state index in [4.69, 9.17) is 0 Å². The summed E-state index contributed by atoms with van der Waals surface area (Å²) < 4.78 is 0. The van der Waals surface area contributed by atoms with Crippen LogP contribution in [0.3, 0.4) is 0 Å². The van der Waals surface area contributed by atoms with Crippen LogP contribution in [0.15, 0.2) is 72.2 Å². The normalized spacial score (nSPS) is 18.5. The molecule has 0 aromatic heterocycles. The predicted molar refractivity (Wildman–Crippen MR) is 101 cm³/mol. The van der Waals surface area contributed by atoms with Crippen LogP contribution in [0.4, 0.5) is 0 Å². The van der Waals surface area contributed by atoms with Gasteiger partial charge in [-0.1, -0.05) is 37.1 Å². The number of carbonyl (C=O) groups is 2. The van der Waals surface area contributed by atoms with Gasteiger partial charge in [-0.2, -0.15) is 0 Å². The monoisotopic (exact) mass is 401 g/mol. The van der Waals surface area contributed by atoms with Crippen LogP contribution in [0.25, 0.3) is 5.32 Å². The van der Waals surface area contributed by atoms with E-state index < -0.39 is 0 Å². The number of rotatable bonds is 10. The summed E-state index contributed by atoms with van der Waals surface area (Å²) in [4.78, 5) is 23.0. The molecule has 142 valence electrons. The maximum atomic E-state index is 11.5. The zero-order valence-corrected chi connectivity index (χ0v) is 15.5. The van der Waals surface area contributed by atoms with Crippen LogP contribution >= 0.6 is 0 Å². The molecule has 6 heteroatoms. The van der Waals surface area contributed by atoms with Crippen molar-refractivity contribution < 1.29 is 26.7 Å². The molecule has 0 saturated heterocycles. The summed E-state index contributed by atoms with van der Waals surface area (Å²) in [6.07, 6.45) is 19.3. The first kappa shape index (κ1) is 21.9. The fourth-order valence-corrected chi connectivity index (χ4v) is 2.26. The summed E-state index contributed by atoms with van der Waals surface area (Å²) in [5, 5.41) is 10.8. The third-order valence-corrected chi connectivity index (χ3v) is 3.63. The Morgan fingerprint density at radius 3 is 1.58 bits per heavy atom. The zero-order valence-electron chi connectivity index (χ0n) is 14.6. The molecule has 2 aliphatic rings. The molecule has 0 heterocycles. The Bertz CT molecular complexity index is 602. The molecular formula is C20H24CuN3O2. The molecule has 2 aliphatic carbocycles. The smallest absolute Gasteiger partial charge is 0.662 e. The maximum absolute atomic E-state index is 11.5. The van der Waals surface area contributed by atoms with Gasteiger partial charge in [-0.05, 0) is 24.3 Å². The molecule has 0 aliphatic heterocycles. The van der Waals surface area contributed by atoms with Crippen LogP contribution in [0.2, 0.25) is 0 Å². The summed E-state index contributed by atoms with van der Waals surface area (Å²) in [5.41, 5.74) is 1.36. The van der Waals surface area contributed by atoms with E-state index in [9.17, 15) is 9.59 Å². The van der Waals surface area contributed by atoms with Crippen LogP contribution in [-0.4, -0.2) is 37.7 Å². The van der Waals surface area contributed by atoms with Gasteiger partial charge in [-0.25, -0.2) is 0 Å². The van der Waals surface area contributed by atoms with Crippen molar-refractivity contribution in [3.63, 3.8) is 0 Å². The third-order valence-electron chi connectivity index (χ3n) is 3.63. The van der Waals surface area contributed by atoms with Crippen molar-refractivity contribution in [1.82, 2.24) is 10.6 Å². The number of hydrogen-bond donors (Lipinski definition) is 2. The molecule has 0 amide bonds. The number of nitrogens with one attached hydrogen (secondary N) is 2. The standard InChI is InChI=1S/C20H24N3O2.Cu/c24-19-9-3-1-7-17(19)15-22-13-5-11-21-12-6-14-23-16-18-8-2-4-10-20(18)25;/h1-4,7-10,15-16,22-23H,5-6,11-14H2;/q-1;+1/b17-15-,18-16-;. The van der Waals surface area contributed by atoms with E-state index in [1.54, 1.807) is 48.9 Å². The van der Waals surface area contributed by atoms with Crippen LogP contribution in [0.5, 0.6) is 0 Å². The second-order valence-electron chi connectivity index (χ2n) is 5.65. The molecule has 0 fully saturated rings. The predicted octanol–water partition coefficient (Wildman–Crippen LogP) is 2.48. The molecule has 0 aromatic carbocycles. The molecule has 5 nitrogen and oxygen atoms in total. The molecule has 2 rings (SSSR count). The van der Waals surface area contributed by atoms with Gasteiger partial charge in [-0.3, -0.25) is 9.59 Å². The van der Waals surface area contributed by atoms with Crippen molar-refractivity contribution in [3.05, 3.63) is 77.5 Å². The fourth-order valence-electron chi connectivity index (χ4n) is 2.26. The number of nitrogens with zero attached hydrogens (tertiary/aromatic N) is 1. The minimum Gasteiger partial charge on any atom is -0.662 e. The van der Waals surface area contributed by atoms with Crippen molar-refractivity contribution in [2.45, 2.75) is 12.8 Å². The van der Waals surface area contributed by atoms with Gasteiger partial charge in [-0.15, -0.1) is 13.1 Å². The molecule has 0 atom stereocenters. The van der Waals surface area contributed by atoms with Crippen LogP contribution < -0.4 is 10.6 Å².